The molecule has 0 unspecified atom stereocenters. The number of nitrogens with one attached hydrogen (secondary N) is 2. The van der Waals surface area contributed by atoms with E-state index >= 15 is 0 Å². The van der Waals surface area contributed by atoms with Gasteiger partial charge in [0.2, 0.25) is 10.0 Å². The summed E-state index contributed by atoms with van der Waals surface area (Å²) in [5.41, 5.74) is 0.310. The number of anilines is 1. The molecule has 0 aromatic heterocycles. The number of hydrogen-bond acceptors (Lipinski definition) is 3. The van der Waals surface area contributed by atoms with Gasteiger partial charge in [-0.3, -0.25) is 0 Å². The van der Waals surface area contributed by atoms with E-state index < -0.39 is 16.1 Å². The molecular formula is C13H20ClN3O3S. The van der Waals surface area contributed by atoms with Crippen LogP contribution in [0.3, 0.4) is 0 Å². The molecule has 0 bridgehead atoms. The molecule has 21 heavy (non-hydrogen) atoms. The number of nitrogens with two attached hydrogens (primary N) is 1. The Bertz CT molecular complexity index is 603. The van der Waals surface area contributed by atoms with Gasteiger partial charge in [0.1, 0.15) is 4.90 Å². The largest absolute Gasteiger partial charge is 0.338 e. The van der Waals surface area contributed by atoms with Crippen LogP contribution in [0.5, 0.6) is 0 Å². The summed E-state index contributed by atoms with van der Waals surface area (Å²) in [6.45, 7) is 4.78. The molecule has 0 aliphatic heterocycles. The van der Waals surface area contributed by atoms with E-state index in [0.717, 1.165) is 12.8 Å². The maximum atomic E-state index is 11.7. The third-order valence-corrected chi connectivity index (χ3v) is 4.13. The van der Waals surface area contributed by atoms with E-state index in [1.807, 2.05) is 0 Å². The number of halogens is 1. The van der Waals surface area contributed by atoms with E-state index in [0.29, 0.717) is 18.2 Å². The van der Waals surface area contributed by atoms with Crippen LogP contribution in [-0.2, 0) is 10.0 Å². The van der Waals surface area contributed by atoms with E-state index in [1.165, 1.54) is 18.2 Å². The van der Waals surface area contributed by atoms with Crippen molar-refractivity contribution in [1.82, 2.24) is 5.32 Å². The van der Waals surface area contributed by atoms with Gasteiger partial charge in [0.05, 0.1) is 5.02 Å². The minimum Gasteiger partial charge on any atom is -0.338 e. The fourth-order valence-electron chi connectivity index (χ4n) is 1.69. The summed E-state index contributed by atoms with van der Waals surface area (Å²) >= 11 is 5.76. The van der Waals surface area contributed by atoms with Gasteiger partial charge in [-0.05, 0) is 37.0 Å². The Morgan fingerprint density at radius 2 is 2.05 bits per heavy atom. The average Bonchev–Trinajstić information content (AvgIpc) is 2.35. The number of amides is 2. The molecule has 0 saturated carbocycles. The van der Waals surface area contributed by atoms with Crippen LogP contribution in [0.15, 0.2) is 23.1 Å². The first-order chi connectivity index (χ1) is 9.70. The third kappa shape index (κ3) is 6.33. The van der Waals surface area contributed by atoms with Gasteiger partial charge in [-0.15, -0.1) is 0 Å². The van der Waals surface area contributed by atoms with Crippen molar-refractivity contribution in [3.8, 4) is 0 Å². The van der Waals surface area contributed by atoms with Gasteiger partial charge >= 0.3 is 6.03 Å². The van der Waals surface area contributed by atoms with Crippen molar-refractivity contribution in [3.63, 3.8) is 0 Å². The molecule has 0 aliphatic rings. The van der Waals surface area contributed by atoms with Crippen molar-refractivity contribution in [3.05, 3.63) is 23.2 Å². The molecule has 0 heterocycles. The van der Waals surface area contributed by atoms with Crippen molar-refractivity contribution in [2.75, 3.05) is 11.9 Å². The topological polar surface area (TPSA) is 101 Å². The van der Waals surface area contributed by atoms with E-state index in [4.69, 9.17) is 16.7 Å². The van der Waals surface area contributed by atoms with Crippen LogP contribution >= 0.6 is 11.6 Å². The Hall–Kier alpha value is -1.31. The lowest BCUT2D eigenvalue weighted by Crippen LogP contribution is -2.29. The summed E-state index contributed by atoms with van der Waals surface area (Å²) in [5.74, 6) is 0.587. The minimum absolute atomic E-state index is 0.0143. The maximum Gasteiger partial charge on any atom is 0.319 e. The average molecular weight is 334 g/mol. The highest BCUT2D eigenvalue weighted by molar-refractivity contribution is 7.89. The molecule has 0 aliphatic carbocycles. The molecule has 0 saturated heterocycles. The second-order valence-electron chi connectivity index (χ2n) is 5.11. The Morgan fingerprint density at radius 3 is 2.62 bits per heavy atom. The first-order valence-corrected chi connectivity index (χ1v) is 8.50. The van der Waals surface area contributed by atoms with Gasteiger partial charge in [0.15, 0.2) is 0 Å². The summed E-state index contributed by atoms with van der Waals surface area (Å²) in [5, 5.41) is 10.3. The second-order valence-corrected chi connectivity index (χ2v) is 7.04. The van der Waals surface area contributed by atoms with Crippen LogP contribution in [0.25, 0.3) is 0 Å². The summed E-state index contributed by atoms with van der Waals surface area (Å²) in [6.07, 6.45) is 1.91. The molecule has 1 rings (SSSR count). The molecule has 0 spiro atoms. The van der Waals surface area contributed by atoms with Crippen LogP contribution in [0.2, 0.25) is 5.02 Å². The molecular weight excluding hydrogens is 314 g/mol. The van der Waals surface area contributed by atoms with Gasteiger partial charge in [-0.25, -0.2) is 18.4 Å². The van der Waals surface area contributed by atoms with Crippen LogP contribution in [0.4, 0.5) is 10.5 Å². The highest BCUT2D eigenvalue weighted by atomic mass is 35.5. The number of primary sulfonamides is 1. The smallest absolute Gasteiger partial charge is 0.319 e. The summed E-state index contributed by atoms with van der Waals surface area (Å²) in [6, 6.07) is 3.70. The molecule has 6 nitrogen and oxygen atoms in total. The second kappa shape index (κ2) is 7.63. The molecule has 0 radical (unpaired) electrons. The van der Waals surface area contributed by atoms with E-state index in [1.54, 1.807) is 0 Å². The minimum atomic E-state index is -3.93. The van der Waals surface area contributed by atoms with Crippen molar-refractivity contribution >= 4 is 33.3 Å². The van der Waals surface area contributed by atoms with Crippen LogP contribution in [0, 0.1) is 5.92 Å². The third-order valence-electron chi connectivity index (χ3n) is 2.74. The molecule has 0 atom stereocenters. The number of hydrogen-bond donors (Lipinski definition) is 3. The van der Waals surface area contributed by atoms with Crippen LogP contribution in [0.1, 0.15) is 26.7 Å². The lowest BCUT2D eigenvalue weighted by atomic mass is 10.1. The molecule has 8 heteroatoms. The van der Waals surface area contributed by atoms with E-state index in [2.05, 4.69) is 24.5 Å². The molecule has 1 aromatic rings. The number of benzene rings is 1. The predicted octanol–water partition coefficient (Wildman–Crippen LogP) is 2.55. The highest BCUT2D eigenvalue weighted by Crippen LogP contribution is 2.23. The maximum absolute atomic E-state index is 11.7. The number of carbonyl (C=O) groups excluding carboxylic acids is 1. The van der Waals surface area contributed by atoms with Crippen molar-refractivity contribution in [2.24, 2.45) is 11.1 Å². The molecule has 1 aromatic carbocycles. The van der Waals surface area contributed by atoms with Gasteiger partial charge in [0, 0.05) is 12.2 Å². The normalized spacial score (nSPS) is 11.5. The monoisotopic (exact) mass is 333 g/mol. The standard InChI is InChI=1S/C13H20ClN3O3S/c1-9(2)4-3-7-16-13(18)17-10-5-6-11(14)12(8-10)21(15,19)20/h5-6,8-9H,3-4,7H2,1-2H3,(H2,15,19,20)(H2,16,17,18). The number of sulfonamides is 1. The lowest BCUT2D eigenvalue weighted by Gasteiger charge is -2.10. The quantitative estimate of drug-likeness (QED) is 0.697. The van der Waals surface area contributed by atoms with E-state index in [-0.39, 0.29) is 9.92 Å². The molecule has 2 amide bonds. The van der Waals surface area contributed by atoms with Crippen molar-refractivity contribution in [1.29, 1.82) is 0 Å². The Balaban J connectivity index is 2.61. The highest BCUT2D eigenvalue weighted by Gasteiger charge is 2.14. The Labute approximate surface area is 130 Å². The molecule has 118 valence electrons. The fourth-order valence-corrected chi connectivity index (χ4v) is 2.76. The zero-order valence-electron chi connectivity index (χ0n) is 12.0. The van der Waals surface area contributed by atoms with Gasteiger partial charge < -0.3 is 10.6 Å². The number of urea groups is 1. The summed E-state index contributed by atoms with van der Waals surface area (Å²) < 4.78 is 22.7. The Kier molecular flexibility index (Phi) is 6.44. The number of rotatable bonds is 6. The van der Waals surface area contributed by atoms with Gasteiger partial charge in [0.25, 0.3) is 0 Å². The zero-order valence-corrected chi connectivity index (χ0v) is 13.6. The van der Waals surface area contributed by atoms with E-state index in [9.17, 15) is 13.2 Å². The van der Waals surface area contributed by atoms with Gasteiger partial charge in [-0.1, -0.05) is 25.4 Å². The first-order valence-electron chi connectivity index (χ1n) is 6.57. The molecule has 0 fully saturated rings. The predicted molar refractivity (Wildman–Crippen MR) is 83.9 cm³/mol. The molecule has 4 N–H and O–H groups in total. The summed E-state index contributed by atoms with van der Waals surface area (Å²) in [4.78, 5) is 11.4. The number of carbonyl (C=O) groups is 1. The zero-order chi connectivity index (χ0) is 16.0. The Morgan fingerprint density at radius 1 is 1.38 bits per heavy atom. The van der Waals surface area contributed by atoms with Crippen LogP contribution < -0.4 is 15.8 Å². The first kappa shape index (κ1) is 17.7. The fraction of sp³-hybridized carbons (Fsp3) is 0.462. The van der Waals surface area contributed by atoms with Crippen LogP contribution in [-0.4, -0.2) is 21.0 Å². The van der Waals surface area contributed by atoms with Gasteiger partial charge in [-0.2, -0.15) is 0 Å². The van der Waals surface area contributed by atoms with Crippen molar-refractivity contribution < 1.29 is 13.2 Å². The van der Waals surface area contributed by atoms with Crippen molar-refractivity contribution in [2.45, 2.75) is 31.6 Å². The SMILES string of the molecule is CC(C)CCCNC(=O)Nc1ccc(Cl)c(S(N)(=O)=O)c1. The summed E-state index contributed by atoms with van der Waals surface area (Å²) in [7, 11) is -3.93. The lowest BCUT2D eigenvalue weighted by molar-refractivity contribution is 0.251.